The molecule has 1 aliphatic carbocycles. The molecule has 0 radical (unpaired) electrons. The monoisotopic (exact) mass is 282 g/mol. The third-order valence-corrected chi connectivity index (χ3v) is 4.86. The first-order valence-corrected chi connectivity index (χ1v) is 8.29. The van der Waals surface area contributed by atoms with Crippen molar-refractivity contribution in [3.05, 3.63) is 12.2 Å². The maximum Gasteiger partial charge on any atom is 0.154 e. The first kappa shape index (κ1) is 16.0. The van der Waals surface area contributed by atoms with E-state index in [9.17, 15) is 5.11 Å². The second-order valence-electron chi connectivity index (χ2n) is 6.27. The number of allylic oxidation sites excluding steroid dienone is 1. The maximum atomic E-state index is 9.56. The summed E-state index contributed by atoms with van der Waals surface area (Å²) < 4.78 is 11.2. The van der Waals surface area contributed by atoms with E-state index in [1.807, 2.05) is 0 Å². The van der Waals surface area contributed by atoms with Gasteiger partial charge in [0.2, 0.25) is 0 Å². The summed E-state index contributed by atoms with van der Waals surface area (Å²) in [6.07, 6.45) is 13.7. The Balaban J connectivity index is 1.81. The molecular weight excluding hydrogens is 252 g/mol. The summed E-state index contributed by atoms with van der Waals surface area (Å²) in [5.74, 6) is 1.21. The van der Waals surface area contributed by atoms with Crippen LogP contribution in [-0.4, -0.2) is 30.7 Å². The molecule has 5 atom stereocenters. The molecule has 0 aromatic carbocycles. The van der Waals surface area contributed by atoms with Gasteiger partial charge in [0, 0.05) is 7.11 Å². The molecule has 1 N–H and O–H groups in total. The number of hydrogen-bond donors (Lipinski definition) is 1. The normalized spacial score (nSPS) is 35.4. The van der Waals surface area contributed by atoms with Crippen LogP contribution in [0.2, 0.25) is 0 Å². The van der Waals surface area contributed by atoms with Crippen molar-refractivity contribution in [1.82, 2.24) is 0 Å². The van der Waals surface area contributed by atoms with E-state index in [0.29, 0.717) is 11.8 Å². The van der Waals surface area contributed by atoms with Crippen LogP contribution in [0, 0.1) is 11.8 Å². The Morgan fingerprint density at radius 2 is 2.10 bits per heavy atom. The summed E-state index contributed by atoms with van der Waals surface area (Å²) in [7, 11) is 1.80. The van der Waals surface area contributed by atoms with Crippen molar-refractivity contribution in [1.29, 1.82) is 0 Å². The molecule has 3 heteroatoms. The highest BCUT2D eigenvalue weighted by Gasteiger charge is 2.39. The molecule has 1 saturated heterocycles. The van der Waals surface area contributed by atoms with Crippen LogP contribution in [-0.2, 0) is 9.47 Å². The van der Waals surface area contributed by atoms with Crippen LogP contribution in [0.25, 0.3) is 0 Å². The van der Waals surface area contributed by atoms with Crippen molar-refractivity contribution < 1.29 is 14.6 Å². The Kier molecular flexibility index (Phi) is 6.53. The molecule has 2 aliphatic rings. The fourth-order valence-corrected chi connectivity index (χ4v) is 3.63. The molecule has 1 heterocycles. The number of fused-ring (bicyclic) bond motifs is 1. The maximum absolute atomic E-state index is 9.56. The van der Waals surface area contributed by atoms with Crippen LogP contribution >= 0.6 is 0 Å². The number of rotatable bonds is 7. The van der Waals surface area contributed by atoms with E-state index in [-0.39, 0.29) is 12.2 Å². The quantitative estimate of drug-likeness (QED) is 0.572. The highest BCUT2D eigenvalue weighted by Crippen LogP contribution is 2.41. The van der Waals surface area contributed by atoms with Crippen LogP contribution in [0.3, 0.4) is 0 Å². The third kappa shape index (κ3) is 4.31. The van der Waals surface area contributed by atoms with Crippen LogP contribution < -0.4 is 0 Å². The fourth-order valence-electron chi connectivity index (χ4n) is 3.63. The Morgan fingerprint density at radius 3 is 2.85 bits per heavy atom. The predicted molar refractivity (Wildman–Crippen MR) is 80.4 cm³/mol. The van der Waals surface area contributed by atoms with Gasteiger partial charge in [-0.1, -0.05) is 38.3 Å². The second-order valence-corrected chi connectivity index (χ2v) is 6.27. The molecule has 1 aliphatic heterocycles. The molecule has 0 spiro atoms. The molecule has 1 saturated carbocycles. The van der Waals surface area contributed by atoms with E-state index in [1.165, 1.54) is 25.7 Å². The number of aliphatic hydroxyl groups is 1. The van der Waals surface area contributed by atoms with Gasteiger partial charge >= 0.3 is 0 Å². The zero-order valence-corrected chi connectivity index (χ0v) is 13.0. The summed E-state index contributed by atoms with van der Waals surface area (Å²) in [6, 6.07) is 0. The van der Waals surface area contributed by atoms with E-state index < -0.39 is 6.29 Å². The smallest absolute Gasteiger partial charge is 0.154 e. The summed E-state index contributed by atoms with van der Waals surface area (Å²) in [5.41, 5.74) is 0. The number of unbranched alkanes of at least 4 members (excludes halogenated alkanes) is 2. The fraction of sp³-hybridized carbons (Fsp3) is 0.882. The lowest BCUT2D eigenvalue weighted by Crippen LogP contribution is -2.33. The highest BCUT2D eigenvalue weighted by molar-refractivity contribution is 5.02. The van der Waals surface area contributed by atoms with Crippen LogP contribution in [0.1, 0.15) is 58.3 Å². The number of ether oxygens (including phenoxy) is 2. The number of aliphatic hydroxyl groups excluding tert-OH is 1. The zero-order chi connectivity index (χ0) is 14.4. The summed E-state index contributed by atoms with van der Waals surface area (Å²) in [6.45, 7) is 2.23. The Bertz CT molecular complexity index is 303. The molecule has 20 heavy (non-hydrogen) atoms. The van der Waals surface area contributed by atoms with Gasteiger partial charge in [0.1, 0.15) is 0 Å². The van der Waals surface area contributed by atoms with Crippen molar-refractivity contribution in [2.45, 2.75) is 76.8 Å². The topological polar surface area (TPSA) is 38.7 Å². The Labute approximate surface area is 123 Å². The number of methoxy groups -OCH3 is 1. The van der Waals surface area contributed by atoms with Gasteiger partial charge in [-0.05, 0) is 43.9 Å². The van der Waals surface area contributed by atoms with Crippen molar-refractivity contribution in [3.63, 3.8) is 0 Å². The largest absolute Gasteiger partial charge is 0.377 e. The number of hydrogen-bond acceptors (Lipinski definition) is 3. The third-order valence-electron chi connectivity index (χ3n) is 4.86. The van der Waals surface area contributed by atoms with Crippen molar-refractivity contribution in [2.75, 3.05) is 7.11 Å². The van der Waals surface area contributed by atoms with Gasteiger partial charge in [0.15, 0.2) is 6.29 Å². The first-order chi connectivity index (χ1) is 9.74. The van der Waals surface area contributed by atoms with Crippen molar-refractivity contribution in [3.8, 4) is 0 Å². The lowest BCUT2D eigenvalue weighted by molar-refractivity contribution is -0.176. The Hall–Kier alpha value is -0.380. The molecule has 3 nitrogen and oxygen atoms in total. The molecule has 2 rings (SSSR count). The zero-order valence-electron chi connectivity index (χ0n) is 13.0. The SMILES string of the molecule is CCCCCC(C=CC1CCC2OC(O)CCC12)OC. The van der Waals surface area contributed by atoms with Crippen molar-refractivity contribution >= 4 is 0 Å². The predicted octanol–water partition coefficient (Wildman–Crippen LogP) is 3.66. The molecule has 0 aromatic rings. The van der Waals surface area contributed by atoms with Crippen molar-refractivity contribution in [2.24, 2.45) is 11.8 Å². The van der Waals surface area contributed by atoms with Gasteiger partial charge in [-0.2, -0.15) is 0 Å². The first-order valence-electron chi connectivity index (χ1n) is 8.29. The van der Waals surface area contributed by atoms with Crippen LogP contribution in [0.5, 0.6) is 0 Å². The second kappa shape index (κ2) is 8.16. The minimum Gasteiger partial charge on any atom is -0.377 e. The minimum atomic E-state index is -0.528. The van der Waals surface area contributed by atoms with E-state index in [2.05, 4.69) is 19.1 Å². The summed E-state index contributed by atoms with van der Waals surface area (Å²) >= 11 is 0. The van der Waals surface area contributed by atoms with Gasteiger partial charge < -0.3 is 14.6 Å². The summed E-state index contributed by atoms with van der Waals surface area (Å²) in [5, 5.41) is 9.56. The van der Waals surface area contributed by atoms with Gasteiger partial charge in [-0.3, -0.25) is 0 Å². The standard InChI is InChI=1S/C17H30O3/c1-3-4-5-6-14(19-2)9-7-13-8-11-16-15(13)10-12-17(18)20-16/h7,9,13-18H,3-6,8,10-12H2,1-2H3. The average molecular weight is 282 g/mol. The van der Waals surface area contributed by atoms with E-state index >= 15 is 0 Å². The lowest BCUT2D eigenvalue weighted by Gasteiger charge is -2.31. The minimum absolute atomic E-state index is 0.260. The highest BCUT2D eigenvalue weighted by atomic mass is 16.6. The van der Waals surface area contributed by atoms with Gasteiger partial charge in [0.25, 0.3) is 0 Å². The molecule has 116 valence electrons. The molecule has 5 unspecified atom stereocenters. The average Bonchev–Trinajstić information content (AvgIpc) is 2.85. The molecule has 0 aromatic heterocycles. The molecule has 2 fully saturated rings. The molecule has 0 bridgehead atoms. The molecule has 0 amide bonds. The molecular formula is C17H30O3. The van der Waals surface area contributed by atoms with Gasteiger partial charge in [-0.15, -0.1) is 0 Å². The van der Waals surface area contributed by atoms with E-state index in [1.54, 1.807) is 7.11 Å². The van der Waals surface area contributed by atoms with Gasteiger partial charge in [-0.25, -0.2) is 0 Å². The summed E-state index contributed by atoms with van der Waals surface area (Å²) in [4.78, 5) is 0. The van der Waals surface area contributed by atoms with Crippen LogP contribution in [0.4, 0.5) is 0 Å². The van der Waals surface area contributed by atoms with Crippen LogP contribution in [0.15, 0.2) is 12.2 Å². The van der Waals surface area contributed by atoms with E-state index in [0.717, 1.165) is 25.7 Å². The Morgan fingerprint density at radius 1 is 1.25 bits per heavy atom. The lowest BCUT2D eigenvalue weighted by atomic mass is 9.88. The van der Waals surface area contributed by atoms with E-state index in [4.69, 9.17) is 9.47 Å². The van der Waals surface area contributed by atoms with Gasteiger partial charge in [0.05, 0.1) is 12.2 Å².